The molecule has 5 heteroatoms. The molecule has 0 saturated carbocycles. The quantitative estimate of drug-likeness (QED) is 0.527. The zero-order valence-corrected chi connectivity index (χ0v) is 15.1. The fourth-order valence-corrected chi connectivity index (χ4v) is 5.83. The zero-order valence-electron chi connectivity index (χ0n) is 14.1. The van der Waals surface area contributed by atoms with Gasteiger partial charge in [-0.05, 0) is 46.5 Å². The first-order valence-electron chi connectivity index (χ1n) is 8.27. The summed E-state index contributed by atoms with van der Waals surface area (Å²) in [5.74, 6) is 0. The van der Waals surface area contributed by atoms with Crippen molar-refractivity contribution in [3.8, 4) is 0 Å². The first kappa shape index (κ1) is 20.1. The van der Waals surface area contributed by atoms with Gasteiger partial charge in [0.1, 0.15) is 0 Å². The maximum Gasteiger partial charge on any atom is 0.504 e. The van der Waals surface area contributed by atoms with E-state index in [1.165, 1.54) is 0 Å². The van der Waals surface area contributed by atoms with E-state index in [0.29, 0.717) is 25.4 Å². The minimum Gasteiger partial charge on any atom is -0.374 e. The van der Waals surface area contributed by atoms with Gasteiger partial charge in [-0.3, -0.25) is 0 Å². The van der Waals surface area contributed by atoms with Crippen LogP contribution < -0.4 is 5.73 Å². The Bertz CT molecular complexity index is 212. The van der Waals surface area contributed by atoms with Gasteiger partial charge in [-0.25, -0.2) is 0 Å². The molecule has 0 radical (unpaired) electrons. The first-order valence-corrected chi connectivity index (χ1v) is 10.1. The molecule has 0 aliphatic rings. The Labute approximate surface area is 126 Å². The summed E-state index contributed by atoms with van der Waals surface area (Å²) in [6, 6.07) is 0.283. The molecular formula is C15H35NO3Si. The third-order valence-corrected chi connectivity index (χ3v) is 7.34. The number of hydrogen-bond acceptors (Lipinski definition) is 4. The third kappa shape index (κ3) is 6.67. The molecule has 122 valence electrons. The standard InChI is InChI=1S/C15H35NO3Si/c1-6-11-14(16)12-13-15(7-2)20(17-8-3,18-9-4)19-10-5/h14-15H,6-13,16H2,1-5H3. The van der Waals surface area contributed by atoms with Crippen molar-refractivity contribution in [1.82, 2.24) is 0 Å². The molecule has 0 spiro atoms. The Balaban J connectivity index is 4.77. The van der Waals surface area contributed by atoms with E-state index in [1.54, 1.807) is 0 Å². The van der Waals surface area contributed by atoms with Gasteiger partial charge in [-0.15, -0.1) is 0 Å². The van der Waals surface area contributed by atoms with Gasteiger partial charge in [0.05, 0.1) is 0 Å². The summed E-state index contributed by atoms with van der Waals surface area (Å²) in [7, 11) is -2.57. The molecule has 0 fully saturated rings. The van der Waals surface area contributed by atoms with E-state index in [2.05, 4.69) is 13.8 Å². The smallest absolute Gasteiger partial charge is 0.374 e. The average Bonchev–Trinajstić information content (AvgIpc) is 2.40. The van der Waals surface area contributed by atoms with Gasteiger partial charge in [0, 0.05) is 31.4 Å². The molecule has 2 N–H and O–H groups in total. The van der Waals surface area contributed by atoms with Crippen LogP contribution in [-0.4, -0.2) is 34.7 Å². The van der Waals surface area contributed by atoms with Crippen molar-refractivity contribution < 1.29 is 13.3 Å². The van der Waals surface area contributed by atoms with E-state index in [-0.39, 0.29) is 6.04 Å². The maximum atomic E-state index is 6.15. The summed E-state index contributed by atoms with van der Waals surface area (Å²) in [4.78, 5) is 0. The molecule has 2 atom stereocenters. The minimum absolute atomic E-state index is 0.283. The van der Waals surface area contributed by atoms with Crippen molar-refractivity contribution in [1.29, 1.82) is 0 Å². The summed E-state index contributed by atoms with van der Waals surface area (Å²) in [5.41, 5.74) is 6.50. The summed E-state index contributed by atoms with van der Waals surface area (Å²) in [6.45, 7) is 12.3. The molecule has 0 saturated heterocycles. The van der Waals surface area contributed by atoms with Crippen molar-refractivity contribution in [2.24, 2.45) is 5.73 Å². The second-order valence-electron chi connectivity index (χ2n) is 5.13. The van der Waals surface area contributed by atoms with E-state index >= 15 is 0 Å². The predicted molar refractivity (Wildman–Crippen MR) is 86.8 cm³/mol. The Kier molecular flexibility index (Phi) is 11.7. The van der Waals surface area contributed by atoms with Crippen LogP contribution in [0.3, 0.4) is 0 Å². The SMILES string of the molecule is CCCC(N)CCC(CC)[Si](OCC)(OCC)OCC. The van der Waals surface area contributed by atoms with Crippen LogP contribution in [0.15, 0.2) is 0 Å². The lowest BCUT2D eigenvalue weighted by Crippen LogP contribution is -2.50. The van der Waals surface area contributed by atoms with Crippen molar-refractivity contribution >= 4 is 8.80 Å². The maximum absolute atomic E-state index is 6.15. The Morgan fingerprint density at radius 3 is 1.65 bits per heavy atom. The highest BCUT2D eigenvalue weighted by Gasteiger charge is 2.47. The first-order chi connectivity index (χ1) is 9.60. The summed E-state index contributed by atoms with van der Waals surface area (Å²) >= 11 is 0. The lowest BCUT2D eigenvalue weighted by molar-refractivity contribution is 0.0587. The molecule has 0 aromatic carbocycles. The molecule has 0 aromatic rings. The van der Waals surface area contributed by atoms with E-state index in [4.69, 9.17) is 19.0 Å². The van der Waals surface area contributed by atoms with Gasteiger partial charge >= 0.3 is 8.80 Å². The molecule has 2 unspecified atom stereocenters. The fourth-order valence-electron chi connectivity index (χ4n) is 2.64. The van der Waals surface area contributed by atoms with Crippen LogP contribution in [0.5, 0.6) is 0 Å². The minimum atomic E-state index is -2.57. The highest BCUT2D eigenvalue weighted by molar-refractivity contribution is 6.62. The molecule has 0 heterocycles. The Morgan fingerprint density at radius 2 is 1.30 bits per heavy atom. The van der Waals surface area contributed by atoms with Crippen molar-refractivity contribution in [3.05, 3.63) is 0 Å². The number of nitrogens with two attached hydrogens (primary N) is 1. The van der Waals surface area contributed by atoms with Gasteiger partial charge in [-0.1, -0.05) is 20.3 Å². The molecular weight excluding hydrogens is 270 g/mol. The van der Waals surface area contributed by atoms with Crippen LogP contribution in [-0.2, 0) is 13.3 Å². The van der Waals surface area contributed by atoms with Gasteiger partial charge in [-0.2, -0.15) is 0 Å². The second-order valence-corrected chi connectivity index (χ2v) is 8.02. The monoisotopic (exact) mass is 305 g/mol. The molecule has 0 rings (SSSR count). The normalized spacial score (nSPS) is 15.3. The van der Waals surface area contributed by atoms with Crippen LogP contribution >= 0.6 is 0 Å². The summed E-state index contributed by atoms with van der Waals surface area (Å²) < 4.78 is 18.0. The van der Waals surface area contributed by atoms with Crippen LogP contribution in [0.4, 0.5) is 0 Å². The van der Waals surface area contributed by atoms with Gasteiger partial charge in [0.25, 0.3) is 0 Å². The molecule has 0 aromatic heterocycles. The fraction of sp³-hybridized carbons (Fsp3) is 1.00. The van der Waals surface area contributed by atoms with E-state index < -0.39 is 8.80 Å². The number of hydrogen-bond donors (Lipinski definition) is 1. The van der Waals surface area contributed by atoms with Crippen molar-refractivity contribution in [3.63, 3.8) is 0 Å². The van der Waals surface area contributed by atoms with E-state index in [1.807, 2.05) is 20.8 Å². The largest absolute Gasteiger partial charge is 0.504 e. The van der Waals surface area contributed by atoms with Crippen LogP contribution in [0.2, 0.25) is 5.54 Å². The van der Waals surface area contributed by atoms with Crippen molar-refractivity contribution in [2.75, 3.05) is 19.8 Å². The summed E-state index contributed by atoms with van der Waals surface area (Å²) in [6.07, 6.45) is 5.30. The summed E-state index contributed by atoms with van der Waals surface area (Å²) in [5, 5.41) is 0. The highest BCUT2D eigenvalue weighted by atomic mass is 28.4. The molecule has 0 aliphatic heterocycles. The lowest BCUT2D eigenvalue weighted by Gasteiger charge is -2.35. The van der Waals surface area contributed by atoms with Crippen LogP contribution in [0.25, 0.3) is 0 Å². The molecule has 0 aliphatic carbocycles. The second kappa shape index (κ2) is 11.7. The lowest BCUT2D eigenvalue weighted by atomic mass is 10.1. The van der Waals surface area contributed by atoms with Crippen LogP contribution in [0, 0.1) is 0 Å². The molecule has 20 heavy (non-hydrogen) atoms. The Morgan fingerprint density at radius 1 is 0.800 bits per heavy atom. The van der Waals surface area contributed by atoms with Gasteiger partial charge in [0.2, 0.25) is 0 Å². The highest BCUT2D eigenvalue weighted by Crippen LogP contribution is 2.33. The van der Waals surface area contributed by atoms with Crippen molar-refractivity contribution in [2.45, 2.75) is 78.3 Å². The Hall–Kier alpha value is 0.0569. The van der Waals surface area contributed by atoms with Crippen LogP contribution in [0.1, 0.15) is 66.7 Å². The molecule has 4 nitrogen and oxygen atoms in total. The topological polar surface area (TPSA) is 53.7 Å². The molecule has 0 bridgehead atoms. The predicted octanol–water partition coefficient (Wildman–Crippen LogP) is 3.72. The van der Waals surface area contributed by atoms with Gasteiger partial charge < -0.3 is 19.0 Å². The number of rotatable bonds is 13. The third-order valence-electron chi connectivity index (χ3n) is 3.57. The zero-order chi connectivity index (χ0) is 15.4. The van der Waals surface area contributed by atoms with Gasteiger partial charge in [0.15, 0.2) is 0 Å². The van der Waals surface area contributed by atoms with E-state index in [9.17, 15) is 0 Å². The molecule has 0 amide bonds. The average molecular weight is 306 g/mol. The van der Waals surface area contributed by atoms with E-state index in [0.717, 1.165) is 32.1 Å².